The number of hydrazine groups is 1. The number of aromatic nitrogens is 2. The SMILES string of the molecule is CCn1c(-c2cccnc2[C@H](C)OC)c2c3cc(ccc31)-c1cc(O)cc(c1)C[C@H](NC(=O)[C@H](C(C)C)N(C)C(=O)[C@]1(F)CCN(C(=O)OC)C1)C(=O)N1CCC[C@H](N1)C(=O)OCC(C)(C)C2.S.S.S.S.S. The minimum absolute atomic E-state index is 0. The first-order valence-electron chi connectivity index (χ1n) is 23.1. The summed E-state index contributed by atoms with van der Waals surface area (Å²) >= 11 is 0. The summed E-state index contributed by atoms with van der Waals surface area (Å²) < 4.78 is 35.2. The molecule has 3 aliphatic heterocycles. The summed E-state index contributed by atoms with van der Waals surface area (Å²) in [6.07, 6.45) is 1.69. The number of likely N-dealkylation sites (N-methyl/N-ethyl adjacent to an activating group) is 1. The van der Waals surface area contributed by atoms with Crippen LogP contribution in [0, 0.1) is 11.3 Å². The number of hydrogen-bond donors (Lipinski definition) is 3. The monoisotopic (exact) mass is 1100 g/mol. The Bertz CT molecular complexity index is 2570. The van der Waals surface area contributed by atoms with Crippen LogP contribution in [-0.2, 0) is 52.8 Å². The molecule has 2 fully saturated rings. The third kappa shape index (κ3) is 13.3. The van der Waals surface area contributed by atoms with Gasteiger partial charge in [-0.25, -0.2) is 14.6 Å². The van der Waals surface area contributed by atoms with Gasteiger partial charge in [0, 0.05) is 74.7 Å². The number of rotatable bonds is 9. The molecule has 0 unspecified atom stereocenters. The molecule has 3 aliphatic rings. The van der Waals surface area contributed by atoms with Crippen LogP contribution in [0.25, 0.3) is 33.3 Å². The number of likely N-dealkylation sites (tertiary alicyclic amines) is 1. The van der Waals surface area contributed by atoms with Gasteiger partial charge in [-0.1, -0.05) is 39.8 Å². The summed E-state index contributed by atoms with van der Waals surface area (Å²) in [5.74, 6) is -3.36. The second-order valence-corrected chi connectivity index (χ2v) is 19.2. The maximum atomic E-state index is 16.3. The number of ether oxygens (including phenoxy) is 3. The number of pyridine rings is 1. The van der Waals surface area contributed by atoms with Gasteiger partial charge in [-0.3, -0.25) is 29.2 Å². The van der Waals surface area contributed by atoms with Gasteiger partial charge in [-0.05, 0) is 97.7 Å². The van der Waals surface area contributed by atoms with Crippen molar-refractivity contribution in [3.05, 3.63) is 71.5 Å². The Morgan fingerprint density at radius 2 is 1.72 bits per heavy atom. The number of halogens is 1. The Hall–Kier alpha value is -4.32. The number of aryl methyl sites for hydroxylation is 1. The fraction of sp³-hybridized carbons (Fsp3) is 0.520. The number of cyclic esters (lactones) is 1. The molecule has 72 heavy (non-hydrogen) atoms. The molecule has 3 N–H and O–H groups in total. The van der Waals surface area contributed by atoms with Crippen LogP contribution in [0.3, 0.4) is 0 Å². The first-order chi connectivity index (χ1) is 31.8. The van der Waals surface area contributed by atoms with Crippen molar-refractivity contribution < 1.29 is 47.7 Å². The highest BCUT2D eigenvalue weighted by Crippen LogP contribution is 2.42. The van der Waals surface area contributed by atoms with Crippen molar-refractivity contribution in [2.75, 3.05) is 47.5 Å². The van der Waals surface area contributed by atoms with E-state index in [2.05, 4.69) is 54.3 Å². The second-order valence-electron chi connectivity index (χ2n) is 19.2. The van der Waals surface area contributed by atoms with Gasteiger partial charge in [0.1, 0.15) is 23.9 Å². The predicted molar refractivity (Wildman–Crippen MR) is 301 cm³/mol. The average Bonchev–Trinajstić information content (AvgIpc) is 3.86. The number of carbonyl (C=O) groups is 5. The lowest BCUT2D eigenvalue weighted by atomic mass is 9.84. The van der Waals surface area contributed by atoms with Gasteiger partial charge >= 0.3 is 12.1 Å². The molecule has 2 saturated heterocycles. The van der Waals surface area contributed by atoms with E-state index in [9.17, 15) is 29.1 Å². The van der Waals surface area contributed by atoms with E-state index >= 15 is 4.39 Å². The highest BCUT2D eigenvalue weighted by molar-refractivity contribution is 7.60. The standard InChI is InChI=1S/C50H64FN7O9.5H2S/c1-10-57-40-16-15-32-25-36(40)37(43(57)35-13-11-18-52-41(35)30(4)65-8)26-49(5,6)28-67-46(62)38-14-12-19-58(54-38)45(61)39(23-31-21-33(32)24-34(59)22-31)53-44(60)42(29(2)3)55(7)47(63)50(51)17-20-56(27-50)48(64)66-9;;;;;/h11,13,15-16,18,21-22,24-25,29-30,38-39,42,54,59H,10,12,14,17,19-20,23,26-28H2,1-9H3,(H,53,60);5*1H2/t30-,38-,39-,42-,50-;;;;;/m0...../s1. The molecule has 0 spiro atoms. The highest BCUT2D eigenvalue weighted by Gasteiger charge is 2.50. The summed E-state index contributed by atoms with van der Waals surface area (Å²) in [6.45, 7) is 11.9. The summed E-state index contributed by atoms with van der Waals surface area (Å²) in [5, 5.41) is 16.5. The maximum Gasteiger partial charge on any atom is 0.409 e. The first-order valence-corrected chi connectivity index (χ1v) is 23.1. The number of nitrogens with one attached hydrogen (secondary N) is 2. The normalized spacial score (nSPS) is 20.4. The van der Waals surface area contributed by atoms with Crippen LogP contribution < -0.4 is 10.7 Å². The van der Waals surface area contributed by atoms with Gasteiger partial charge in [-0.2, -0.15) is 67.5 Å². The Kier molecular flexibility index (Phi) is 23.3. The number of phenolic OH excluding ortho intramolecular Hbond substituents is 1. The van der Waals surface area contributed by atoms with E-state index in [1.54, 1.807) is 33.2 Å². The number of aromatic hydroxyl groups is 1. The smallest absolute Gasteiger partial charge is 0.409 e. The van der Waals surface area contributed by atoms with E-state index in [0.29, 0.717) is 36.9 Å². The van der Waals surface area contributed by atoms with Crippen molar-refractivity contribution in [1.29, 1.82) is 0 Å². The molecule has 0 saturated carbocycles. The molecule has 16 nitrogen and oxygen atoms in total. The molecule has 4 amide bonds. The molecule has 5 heterocycles. The Morgan fingerprint density at radius 3 is 2.38 bits per heavy atom. The van der Waals surface area contributed by atoms with Gasteiger partial charge in [0.25, 0.3) is 11.8 Å². The number of methoxy groups -OCH3 is 2. The molecule has 7 rings (SSSR count). The second kappa shape index (κ2) is 26.3. The first kappa shape index (κ1) is 63.8. The number of carbonyl (C=O) groups excluding carboxylic acids is 5. The lowest BCUT2D eigenvalue weighted by Gasteiger charge is -2.37. The number of fused-ring (bicyclic) bond motifs is 6. The van der Waals surface area contributed by atoms with E-state index in [-0.39, 0.29) is 112 Å². The van der Waals surface area contributed by atoms with Crippen molar-refractivity contribution in [2.45, 2.75) is 110 Å². The third-order valence-corrected chi connectivity index (χ3v) is 13.4. The molecule has 2 aromatic heterocycles. The van der Waals surface area contributed by atoms with Crippen molar-refractivity contribution in [1.82, 2.24) is 35.1 Å². The van der Waals surface area contributed by atoms with Crippen molar-refractivity contribution in [3.8, 4) is 28.1 Å². The van der Waals surface area contributed by atoms with E-state index in [1.165, 1.54) is 25.2 Å². The van der Waals surface area contributed by atoms with E-state index < -0.39 is 71.5 Å². The summed E-state index contributed by atoms with van der Waals surface area (Å²) in [4.78, 5) is 76.0. The molecular weight excluding hydrogens is 1020 g/mol. The molecule has 2 aromatic carbocycles. The van der Waals surface area contributed by atoms with Crippen LogP contribution in [0.15, 0.2) is 54.7 Å². The summed E-state index contributed by atoms with van der Waals surface area (Å²) in [5.41, 5.74) is 6.72. The summed E-state index contributed by atoms with van der Waals surface area (Å²) in [6, 6.07) is 11.8. The Labute approximate surface area is 457 Å². The van der Waals surface area contributed by atoms with Gasteiger partial charge in [0.05, 0.1) is 37.8 Å². The highest BCUT2D eigenvalue weighted by atomic mass is 32.1. The zero-order chi connectivity index (χ0) is 48.5. The van der Waals surface area contributed by atoms with E-state index in [1.807, 2.05) is 25.1 Å². The fourth-order valence-corrected chi connectivity index (χ4v) is 9.92. The number of amides is 4. The van der Waals surface area contributed by atoms with Gasteiger partial charge in [0.15, 0.2) is 0 Å². The number of esters is 1. The molecule has 6 bridgehead atoms. The minimum atomic E-state index is -2.46. The lowest BCUT2D eigenvalue weighted by Crippen LogP contribution is -2.62. The minimum Gasteiger partial charge on any atom is -0.508 e. The largest absolute Gasteiger partial charge is 0.508 e. The zero-order valence-electron chi connectivity index (χ0n) is 42.5. The molecular formula is C50H74FN7O9S5. The quantitative estimate of drug-likeness (QED) is 0.152. The van der Waals surface area contributed by atoms with Crippen molar-refractivity contribution in [3.63, 3.8) is 0 Å². The summed E-state index contributed by atoms with van der Waals surface area (Å²) in [7, 11) is 4.16. The lowest BCUT2D eigenvalue weighted by molar-refractivity contribution is -0.155. The zero-order valence-corrected chi connectivity index (χ0v) is 47.5. The topological polar surface area (TPSA) is 185 Å². The number of alkyl halides is 1. The van der Waals surface area contributed by atoms with Crippen LogP contribution in [0.1, 0.15) is 83.7 Å². The number of hydrogen-bond acceptors (Lipinski definition) is 11. The third-order valence-electron chi connectivity index (χ3n) is 13.4. The van der Waals surface area contributed by atoms with Crippen LogP contribution in [0.2, 0.25) is 0 Å². The molecule has 4 aromatic rings. The van der Waals surface area contributed by atoms with Crippen molar-refractivity contribution >= 4 is 108 Å². The number of phenols is 1. The van der Waals surface area contributed by atoms with Crippen LogP contribution in [-0.4, -0.2) is 131 Å². The fourth-order valence-electron chi connectivity index (χ4n) is 9.92. The van der Waals surface area contributed by atoms with Gasteiger partial charge in [-0.15, -0.1) is 0 Å². The van der Waals surface area contributed by atoms with E-state index in [0.717, 1.165) is 48.8 Å². The van der Waals surface area contributed by atoms with Gasteiger partial charge < -0.3 is 39.0 Å². The molecule has 0 aliphatic carbocycles. The van der Waals surface area contributed by atoms with Gasteiger partial charge in [0.2, 0.25) is 11.6 Å². The molecule has 22 heteroatoms. The maximum absolute atomic E-state index is 16.3. The number of benzene rings is 2. The Morgan fingerprint density at radius 1 is 1.01 bits per heavy atom. The van der Waals surface area contributed by atoms with Crippen LogP contribution in [0.4, 0.5) is 9.18 Å². The van der Waals surface area contributed by atoms with Crippen LogP contribution in [0.5, 0.6) is 5.75 Å². The molecule has 400 valence electrons. The van der Waals surface area contributed by atoms with Crippen molar-refractivity contribution in [2.24, 2.45) is 11.3 Å². The number of nitrogens with zero attached hydrogens (tertiary/aromatic N) is 5. The average molecular weight is 1100 g/mol. The Balaban J connectivity index is 0.00000355. The van der Waals surface area contributed by atoms with Crippen LogP contribution >= 0.6 is 67.5 Å². The molecule has 5 atom stereocenters. The predicted octanol–water partition coefficient (Wildman–Crippen LogP) is 6.68. The van der Waals surface area contributed by atoms with E-state index in [4.69, 9.17) is 19.2 Å². The molecule has 0 radical (unpaired) electrons.